The van der Waals surface area contributed by atoms with Crippen LogP contribution in [0.3, 0.4) is 0 Å². The molecule has 12 heavy (non-hydrogen) atoms. The number of hydrogen-bond acceptors (Lipinski definition) is 2. The van der Waals surface area contributed by atoms with Gasteiger partial charge in [-0.15, -0.1) is 0 Å². The molecule has 0 saturated heterocycles. The SMILES string of the molecule is CCCC1OOc2ccccc21. The Bertz CT molecular complexity index is 268. The van der Waals surface area contributed by atoms with Crippen LogP contribution in [0.15, 0.2) is 24.3 Å². The van der Waals surface area contributed by atoms with Crippen molar-refractivity contribution in [1.29, 1.82) is 0 Å². The van der Waals surface area contributed by atoms with Gasteiger partial charge in [-0.05, 0) is 12.5 Å². The van der Waals surface area contributed by atoms with Crippen molar-refractivity contribution in [2.75, 3.05) is 0 Å². The Balaban J connectivity index is 2.24. The Kier molecular flexibility index (Phi) is 2.00. The van der Waals surface area contributed by atoms with E-state index in [1.165, 1.54) is 5.56 Å². The summed E-state index contributed by atoms with van der Waals surface area (Å²) in [7, 11) is 0. The van der Waals surface area contributed by atoms with Crippen LogP contribution in [0.2, 0.25) is 0 Å². The third kappa shape index (κ3) is 1.18. The van der Waals surface area contributed by atoms with Crippen molar-refractivity contribution >= 4 is 0 Å². The fourth-order valence-corrected chi connectivity index (χ4v) is 1.45. The first kappa shape index (κ1) is 7.62. The van der Waals surface area contributed by atoms with Crippen molar-refractivity contribution in [2.24, 2.45) is 0 Å². The summed E-state index contributed by atoms with van der Waals surface area (Å²) in [5.41, 5.74) is 1.18. The van der Waals surface area contributed by atoms with Crippen LogP contribution < -0.4 is 4.89 Å². The molecule has 0 amide bonds. The molecule has 1 unspecified atom stereocenters. The lowest BCUT2D eigenvalue weighted by atomic mass is 10.1. The zero-order valence-corrected chi connectivity index (χ0v) is 7.12. The molecular weight excluding hydrogens is 152 g/mol. The van der Waals surface area contributed by atoms with Gasteiger partial charge < -0.3 is 4.89 Å². The fourth-order valence-electron chi connectivity index (χ4n) is 1.45. The Morgan fingerprint density at radius 1 is 1.33 bits per heavy atom. The van der Waals surface area contributed by atoms with Gasteiger partial charge in [0.2, 0.25) is 0 Å². The van der Waals surface area contributed by atoms with Crippen LogP contribution in [-0.4, -0.2) is 0 Å². The van der Waals surface area contributed by atoms with Crippen LogP contribution in [-0.2, 0) is 4.89 Å². The van der Waals surface area contributed by atoms with Crippen LogP contribution in [0.5, 0.6) is 5.75 Å². The summed E-state index contributed by atoms with van der Waals surface area (Å²) >= 11 is 0. The minimum atomic E-state index is 0.145. The highest BCUT2D eigenvalue weighted by Crippen LogP contribution is 2.36. The van der Waals surface area contributed by atoms with Gasteiger partial charge in [-0.3, -0.25) is 0 Å². The van der Waals surface area contributed by atoms with Crippen molar-refractivity contribution in [1.82, 2.24) is 0 Å². The Morgan fingerprint density at radius 3 is 3.00 bits per heavy atom. The normalized spacial score (nSPS) is 20.2. The summed E-state index contributed by atoms with van der Waals surface area (Å²) in [5, 5.41) is 0. The van der Waals surface area contributed by atoms with Gasteiger partial charge in [-0.2, -0.15) is 4.89 Å². The lowest BCUT2D eigenvalue weighted by molar-refractivity contribution is -0.225. The molecule has 1 aliphatic heterocycles. The third-order valence-corrected chi connectivity index (χ3v) is 2.07. The van der Waals surface area contributed by atoms with Gasteiger partial charge in [0.25, 0.3) is 0 Å². The van der Waals surface area contributed by atoms with E-state index in [4.69, 9.17) is 9.78 Å². The van der Waals surface area contributed by atoms with Crippen LogP contribution in [0, 0.1) is 0 Å². The first-order chi connectivity index (χ1) is 5.92. The van der Waals surface area contributed by atoms with E-state index in [9.17, 15) is 0 Å². The van der Waals surface area contributed by atoms with E-state index in [0.29, 0.717) is 0 Å². The van der Waals surface area contributed by atoms with Gasteiger partial charge in [-0.25, -0.2) is 0 Å². The highest BCUT2D eigenvalue weighted by Gasteiger charge is 2.24. The molecule has 1 atom stereocenters. The summed E-state index contributed by atoms with van der Waals surface area (Å²) in [6, 6.07) is 7.96. The first-order valence-corrected chi connectivity index (χ1v) is 4.34. The van der Waals surface area contributed by atoms with Crippen LogP contribution >= 0.6 is 0 Å². The molecule has 0 saturated carbocycles. The zero-order valence-electron chi connectivity index (χ0n) is 7.12. The van der Waals surface area contributed by atoms with E-state index < -0.39 is 0 Å². The molecule has 2 heteroatoms. The van der Waals surface area contributed by atoms with E-state index >= 15 is 0 Å². The molecular formula is C10H12O2. The van der Waals surface area contributed by atoms with E-state index in [1.54, 1.807) is 0 Å². The van der Waals surface area contributed by atoms with Gasteiger partial charge in [0.1, 0.15) is 6.10 Å². The molecule has 1 aromatic carbocycles. The van der Waals surface area contributed by atoms with Gasteiger partial charge in [0.15, 0.2) is 5.75 Å². The molecule has 0 N–H and O–H groups in total. The summed E-state index contributed by atoms with van der Waals surface area (Å²) in [4.78, 5) is 10.2. The number of benzene rings is 1. The van der Waals surface area contributed by atoms with Crippen LogP contribution in [0.4, 0.5) is 0 Å². The van der Waals surface area contributed by atoms with E-state index in [-0.39, 0.29) is 6.10 Å². The summed E-state index contributed by atoms with van der Waals surface area (Å²) in [6.07, 6.45) is 2.28. The minimum absolute atomic E-state index is 0.145. The molecule has 1 heterocycles. The molecule has 0 aliphatic carbocycles. The lowest BCUT2D eigenvalue weighted by Crippen LogP contribution is -1.95. The van der Waals surface area contributed by atoms with Gasteiger partial charge in [0.05, 0.1) is 0 Å². The monoisotopic (exact) mass is 164 g/mol. The molecule has 2 rings (SSSR count). The molecule has 0 spiro atoms. The van der Waals surface area contributed by atoms with Gasteiger partial charge in [-0.1, -0.05) is 31.5 Å². The lowest BCUT2D eigenvalue weighted by Gasteiger charge is -2.03. The molecule has 0 aromatic heterocycles. The fraction of sp³-hybridized carbons (Fsp3) is 0.400. The molecule has 0 fully saturated rings. The molecule has 2 nitrogen and oxygen atoms in total. The minimum Gasteiger partial charge on any atom is -0.337 e. The third-order valence-electron chi connectivity index (χ3n) is 2.07. The Labute approximate surface area is 72.0 Å². The van der Waals surface area contributed by atoms with Crippen molar-refractivity contribution in [3.8, 4) is 5.75 Å². The largest absolute Gasteiger partial charge is 0.337 e. The van der Waals surface area contributed by atoms with Crippen molar-refractivity contribution < 1.29 is 9.78 Å². The quantitative estimate of drug-likeness (QED) is 0.626. The number of rotatable bonds is 2. The molecule has 1 aliphatic rings. The highest BCUT2D eigenvalue weighted by molar-refractivity contribution is 5.36. The second-order valence-corrected chi connectivity index (χ2v) is 2.99. The maximum Gasteiger partial charge on any atom is 0.171 e. The van der Waals surface area contributed by atoms with E-state index in [2.05, 4.69) is 13.0 Å². The van der Waals surface area contributed by atoms with Gasteiger partial charge in [0, 0.05) is 5.56 Å². The number of para-hydroxylation sites is 1. The smallest absolute Gasteiger partial charge is 0.171 e. The summed E-state index contributed by atoms with van der Waals surface area (Å²) in [5.74, 6) is 0.871. The second-order valence-electron chi connectivity index (χ2n) is 2.99. The first-order valence-electron chi connectivity index (χ1n) is 4.34. The van der Waals surface area contributed by atoms with Crippen molar-refractivity contribution in [3.05, 3.63) is 29.8 Å². The van der Waals surface area contributed by atoms with Crippen LogP contribution in [0.1, 0.15) is 31.4 Å². The number of fused-ring (bicyclic) bond motifs is 1. The van der Waals surface area contributed by atoms with Crippen LogP contribution in [0.25, 0.3) is 0 Å². The summed E-state index contributed by atoms with van der Waals surface area (Å²) in [6.45, 7) is 2.14. The molecule has 0 radical (unpaired) electrons. The predicted molar refractivity (Wildman–Crippen MR) is 45.8 cm³/mol. The topological polar surface area (TPSA) is 18.5 Å². The maximum absolute atomic E-state index is 5.16. The molecule has 0 bridgehead atoms. The molecule has 64 valence electrons. The predicted octanol–water partition coefficient (Wildman–Crippen LogP) is 2.85. The zero-order chi connectivity index (χ0) is 8.39. The average Bonchev–Trinajstić information content (AvgIpc) is 2.50. The molecule has 1 aromatic rings. The Morgan fingerprint density at radius 2 is 2.17 bits per heavy atom. The standard InChI is InChI=1S/C10H12O2/c1-2-5-9-8-6-3-4-7-10(8)12-11-9/h3-4,6-7,9H,2,5H2,1H3. The van der Waals surface area contributed by atoms with Gasteiger partial charge >= 0.3 is 0 Å². The second kappa shape index (κ2) is 3.15. The van der Waals surface area contributed by atoms with E-state index in [0.717, 1.165) is 18.6 Å². The maximum atomic E-state index is 5.16. The number of hydrogen-bond donors (Lipinski definition) is 0. The van der Waals surface area contributed by atoms with Crippen molar-refractivity contribution in [2.45, 2.75) is 25.9 Å². The summed E-state index contributed by atoms with van der Waals surface area (Å²) < 4.78 is 0. The van der Waals surface area contributed by atoms with E-state index in [1.807, 2.05) is 18.2 Å². The van der Waals surface area contributed by atoms with Crippen molar-refractivity contribution in [3.63, 3.8) is 0 Å². The average molecular weight is 164 g/mol. The Hall–Kier alpha value is -1.02. The highest BCUT2D eigenvalue weighted by atomic mass is 17.2.